The Morgan fingerprint density at radius 1 is 1.37 bits per heavy atom. The lowest BCUT2D eigenvalue weighted by Crippen LogP contribution is -2.33. The highest BCUT2D eigenvalue weighted by Gasteiger charge is 2.14. The minimum atomic E-state index is 0.218. The van der Waals surface area contributed by atoms with Gasteiger partial charge in [-0.3, -0.25) is 4.90 Å². The molecule has 0 saturated carbocycles. The van der Waals surface area contributed by atoms with E-state index in [4.69, 9.17) is 34.1 Å². The molecule has 4 nitrogen and oxygen atoms in total. The van der Waals surface area contributed by atoms with Crippen LogP contribution >= 0.6 is 23.2 Å². The minimum absolute atomic E-state index is 0.218. The highest BCUT2D eigenvalue weighted by molar-refractivity contribution is 6.35. The minimum Gasteiger partial charge on any atom is -0.409 e. The zero-order valence-corrected chi connectivity index (χ0v) is 12.6. The number of halogens is 2. The smallest absolute Gasteiger partial charge is 0.140 e. The third kappa shape index (κ3) is 4.90. The van der Waals surface area contributed by atoms with Crippen LogP contribution in [0, 0.1) is 0 Å². The Morgan fingerprint density at radius 3 is 2.42 bits per heavy atom. The zero-order chi connectivity index (χ0) is 14.4. The topological polar surface area (TPSA) is 61.8 Å². The molecule has 19 heavy (non-hydrogen) atoms. The molecule has 0 aromatic heterocycles. The normalized spacial score (nSPS) is 12.4. The SMILES string of the molecule is CC(C)N(CCC(N)=NO)Cc1c(Cl)cccc1Cl. The summed E-state index contributed by atoms with van der Waals surface area (Å²) in [6.45, 7) is 5.47. The molecule has 0 radical (unpaired) electrons. The molecular weight excluding hydrogens is 285 g/mol. The second-order valence-corrected chi connectivity index (χ2v) is 5.42. The van der Waals surface area contributed by atoms with Gasteiger partial charge in [0.05, 0.1) is 0 Å². The predicted octanol–water partition coefficient (Wildman–Crippen LogP) is 3.34. The second-order valence-electron chi connectivity index (χ2n) is 4.61. The van der Waals surface area contributed by atoms with Crippen LogP contribution in [0.4, 0.5) is 0 Å². The van der Waals surface area contributed by atoms with Gasteiger partial charge in [0.1, 0.15) is 5.84 Å². The van der Waals surface area contributed by atoms with Crippen molar-refractivity contribution in [3.8, 4) is 0 Å². The van der Waals surface area contributed by atoms with Crippen LogP contribution in [-0.2, 0) is 6.54 Å². The lowest BCUT2D eigenvalue weighted by Gasteiger charge is -2.27. The van der Waals surface area contributed by atoms with Crippen LogP contribution in [0.2, 0.25) is 10.0 Å². The molecule has 3 N–H and O–H groups in total. The highest BCUT2D eigenvalue weighted by Crippen LogP contribution is 2.26. The third-order valence-electron chi connectivity index (χ3n) is 2.94. The van der Waals surface area contributed by atoms with Gasteiger partial charge in [0.15, 0.2) is 0 Å². The highest BCUT2D eigenvalue weighted by atomic mass is 35.5. The van der Waals surface area contributed by atoms with Gasteiger partial charge in [0.25, 0.3) is 0 Å². The summed E-state index contributed by atoms with van der Waals surface area (Å²) in [4.78, 5) is 2.17. The first-order valence-corrected chi connectivity index (χ1v) is 6.84. The van der Waals surface area contributed by atoms with E-state index >= 15 is 0 Å². The number of rotatable bonds is 6. The number of hydrogen-bond acceptors (Lipinski definition) is 3. The quantitative estimate of drug-likeness (QED) is 0.367. The number of nitrogens with zero attached hydrogens (tertiary/aromatic N) is 2. The molecule has 0 amide bonds. The largest absolute Gasteiger partial charge is 0.409 e. The fourth-order valence-corrected chi connectivity index (χ4v) is 2.23. The first-order valence-electron chi connectivity index (χ1n) is 6.09. The van der Waals surface area contributed by atoms with Crippen LogP contribution in [0.15, 0.2) is 23.4 Å². The standard InChI is InChI=1S/C13H19Cl2N3O/c1-9(2)18(7-6-13(16)17-19)8-10-11(14)4-3-5-12(10)15/h3-5,9,19H,6-8H2,1-2H3,(H2,16,17). The summed E-state index contributed by atoms with van der Waals surface area (Å²) in [5, 5.41) is 12.9. The number of amidine groups is 1. The summed E-state index contributed by atoms with van der Waals surface area (Å²) in [5.41, 5.74) is 6.40. The maximum Gasteiger partial charge on any atom is 0.140 e. The molecule has 0 aliphatic heterocycles. The number of nitrogens with two attached hydrogens (primary N) is 1. The molecule has 0 bridgehead atoms. The van der Waals surface area contributed by atoms with E-state index in [1.165, 1.54) is 0 Å². The number of oxime groups is 1. The van der Waals surface area contributed by atoms with E-state index in [2.05, 4.69) is 23.9 Å². The first kappa shape index (κ1) is 16.1. The Hall–Kier alpha value is -0.970. The summed E-state index contributed by atoms with van der Waals surface area (Å²) >= 11 is 12.3. The average molecular weight is 304 g/mol. The summed E-state index contributed by atoms with van der Waals surface area (Å²) < 4.78 is 0. The van der Waals surface area contributed by atoms with Crippen molar-refractivity contribution in [1.29, 1.82) is 0 Å². The molecule has 0 aliphatic carbocycles. The van der Waals surface area contributed by atoms with Crippen molar-refractivity contribution >= 4 is 29.0 Å². The Balaban J connectivity index is 2.79. The maximum absolute atomic E-state index is 8.57. The van der Waals surface area contributed by atoms with Crippen molar-refractivity contribution in [2.45, 2.75) is 32.9 Å². The molecule has 0 unspecified atom stereocenters. The van der Waals surface area contributed by atoms with Gasteiger partial charge in [0, 0.05) is 41.2 Å². The van der Waals surface area contributed by atoms with E-state index in [0.29, 0.717) is 35.6 Å². The van der Waals surface area contributed by atoms with Gasteiger partial charge in [-0.2, -0.15) is 0 Å². The van der Waals surface area contributed by atoms with E-state index in [0.717, 1.165) is 5.56 Å². The second kappa shape index (κ2) is 7.58. The molecule has 0 fully saturated rings. The molecule has 0 aliphatic rings. The number of hydrogen-bond donors (Lipinski definition) is 2. The maximum atomic E-state index is 8.57. The molecule has 1 aromatic carbocycles. The molecule has 0 heterocycles. The van der Waals surface area contributed by atoms with Gasteiger partial charge >= 0.3 is 0 Å². The summed E-state index contributed by atoms with van der Waals surface area (Å²) in [5.74, 6) is 0.218. The van der Waals surface area contributed by atoms with Crippen molar-refractivity contribution in [1.82, 2.24) is 4.90 Å². The molecule has 1 aromatic rings. The summed E-state index contributed by atoms with van der Waals surface area (Å²) in [6, 6.07) is 5.78. The van der Waals surface area contributed by atoms with E-state index in [-0.39, 0.29) is 5.84 Å². The summed E-state index contributed by atoms with van der Waals surface area (Å²) in [6.07, 6.45) is 0.497. The fourth-order valence-electron chi connectivity index (χ4n) is 1.71. The Bertz CT molecular complexity index is 429. The fraction of sp³-hybridized carbons (Fsp3) is 0.462. The van der Waals surface area contributed by atoms with Crippen molar-refractivity contribution in [3.63, 3.8) is 0 Å². The van der Waals surface area contributed by atoms with Gasteiger partial charge in [-0.25, -0.2) is 0 Å². The Labute approximate surface area is 123 Å². The van der Waals surface area contributed by atoms with Crippen LogP contribution in [-0.4, -0.2) is 28.5 Å². The molecule has 0 spiro atoms. The van der Waals surface area contributed by atoms with Crippen molar-refractivity contribution in [2.75, 3.05) is 6.54 Å². The van der Waals surface area contributed by atoms with E-state index in [1.54, 1.807) is 0 Å². The average Bonchev–Trinajstić information content (AvgIpc) is 2.36. The molecule has 106 valence electrons. The van der Waals surface area contributed by atoms with E-state index < -0.39 is 0 Å². The van der Waals surface area contributed by atoms with Crippen molar-refractivity contribution < 1.29 is 5.21 Å². The molecule has 6 heteroatoms. The van der Waals surface area contributed by atoms with Crippen molar-refractivity contribution in [3.05, 3.63) is 33.8 Å². The summed E-state index contributed by atoms with van der Waals surface area (Å²) in [7, 11) is 0. The monoisotopic (exact) mass is 303 g/mol. The van der Waals surface area contributed by atoms with Gasteiger partial charge < -0.3 is 10.9 Å². The Kier molecular flexibility index (Phi) is 6.42. The van der Waals surface area contributed by atoms with Crippen molar-refractivity contribution in [2.24, 2.45) is 10.9 Å². The molecule has 0 saturated heterocycles. The van der Waals surface area contributed by atoms with E-state index in [9.17, 15) is 0 Å². The van der Waals surface area contributed by atoms with Gasteiger partial charge in [-0.15, -0.1) is 0 Å². The molecular formula is C13H19Cl2N3O. The van der Waals surface area contributed by atoms with E-state index in [1.807, 2.05) is 18.2 Å². The Morgan fingerprint density at radius 2 is 1.95 bits per heavy atom. The van der Waals surface area contributed by atoms with Crippen LogP contribution in [0.1, 0.15) is 25.8 Å². The molecule has 1 rings (SSSR count). The third-order valence-corrected chi connectivity index (χ3v) is 3.65. The molecule has 0 atom stereocenters. The van der Waals surface area contributed by atoms with Gasteiger partial charge in [0.2, 0.25) is 0 Å². The van der Waals surface area contributed by atoms with Crippen LogP contribution < -0.4 is 5.73 Å². The van der Waals surface area contributed by atoms with Gasteiger partial charge in [-0.1, -0.05) is 34.4 Å². The first-order chi connectivity index (χ1) is 8.95. The zero-order valence-electron chi connectivity index (χ0n) is 11.1. The lowest BCUT2D eigenvalue weighted by molar-refractivity contribution is 0.218. The van der Waals surface area contributed by atoms with Crippen LogP contribution in [0.5, 0.6) is 0 Å². The lowest BCUT2D eigenvalue weighted by atomic mass is 10.1. The van der Waals surface area contributed by atoms with Gasteiger partial charge in [-0.05, 0) is 26.0 Å². The van der Waals surface area contributed by atoms with Crippen LogP contribution in [0.25, 0.3) is 0 Å². The van der Waals surface area contributed by atoms with Crippen LogP contribution in [0.3, 0.4) is 0 Å². The number of benzene rings is 1. The predicted molar refractivity (Wildman–Crippen MR) is 80.0 cm³/mol.